The second kappa shape index (κ2) is 7.65. The van der Waals surface area contributed by atoms with Crippen LogP contribution in [0.5, 0.6) is 5.75 Å². The minimum absolute atomic E-state index is 0.136. The van der Waals surface area contributed by atoms with Crippen LogP contribution in [0, 0.1) is 0 Å². The zero-order valence-electron chi connectivity index (χ0n) is 11.8. The quantitative estimate of drug-likeness (QED) is 0.313. The third kappa shape index (κ3) is 4.76. The predicted octanol–water partition coefficient (Wildman–Crippen LogP) is 0.397. The molecule has 0 aliphatic carbocycles. The van der Waals surface area contributed by atoms with Crippen molar-refractivity contribution in [2.24, 2.45) is 5.84 Å². The Kier molecular flexibility index (Phi) is 6.19. The van der Waals surface area contributed by atoms with E-state index in [1.165, 1.54) is 6.92 Å². The van der Waals surface area contributed by atoms with Gasteiger partial charge >= 0.3 is 0 Å². The fraction of sp³-hybridized carbons (Fsp3) is 0.308. The van der Waals surface area contributed by atoms with Crippen LogP contribution in [0.15, 0.2) is 36.9 Å². The molecule has 1 aromatic rings. The summed E-state index contributed by atoms with van der Waals surface area (Å²) in [5, 5.41) is 0. The Morgan fingerprint density at radius 2 is 2.24 bits per heavy atom. The summed E-state index contributed by atoms with van der Waals surface area (Å²) in [6, 6.07) is 6.46. The van der Waals surface area contributed by atoms with Crippen molar-refractivity contribution in [3.05, 3.63) is 36.9 Å². The molecule has 0 atom stereocenters. The van der Waals surface area contributed by atoms with Gasteiger partial charge in [0.05, 0.1) is 11.4 Å². The normalized spacial score (nSPS) is 10.8. The van der Waals surface area contributed by atoms with Gasteiger partial charge in [0.15, 0.2) is 0 Å². The summed E-state index contributed by atoms with van der Waals surface area (Å²) in [5.74, 6) is 4.76. The van der Waals surface area contributed by atoms with Crippen LogP contribution >= 0.6 is 0 Å². The maximum atomic E-state index is 12.1. The lowest BCUT2D eigenvalue weighted by atomic mass is 10.3. The number of ether oxygens (including phenoxy) is 1. The number of amides is 1. The first-order valence-electron chi connectivity index (χ1n) is 6.28. The van der Waals surface area contributed by atoms with E-state index in [1.54, 1.807) is 30.3 Å². The van der Waals surface area contributed by atoms with Crippen LogP contribution in [0.2, 0.25) is 0 Å². The van der Waals surface area contributed by atoms with E-state index in [2.05, 4.69) is 6.58 Å². The number of hydrogen-bond donors (Lipinski definition) is 2. The standard InChI is InChI=1S/C13H19N3O4S/c1-3-8-20-12-7-5-6-11(9-12)16(10-13(17)15-14)21(18,19)4-2/h3,5-7,9H,1,4,8,10,14H2,2H3,(H,15,17). The lowest BCUT2D eigenvalue weighted by molar-refractivity contribution is -0.119. The lowest BCUT2D eigenvalue weighted by Crippen LogP contribution is -2.43. The molecule has 1 amide bonds. The van der Waals surface area contributed by atoms with Crippen molar-refractivity contribution in [2.75, 3.05) is 23.2 Å². The molecular formula is C13H19N3O4S. The average molecular weight is 313 g/mol. The van der Waals surface area contributed by atoms with E-state index in [4.69, 9.17) is 10.6 Å². The number of nitrogens with one attached hydrogen (secondary N) is 1. The molecule has 3 N–H and O–H groups in total. The smallest absolute Gasteiger partial charge is 0.254 e. The average Bonchev–Trinajstić information content (AvgIpc) is 2.50. The van der Waals surface area contributed by atoms with E-state index >= 15 is 0 Å². The second-order valence-corrected chi connectivity index (χ2v) is 6.25. The summed E-state index contributed by atoms with van der Waals surface area (Å²) in [7, 11) is -3.61. The molecule has 8 heteroatoms. The van der Waals surface area contributed by atoms with Crippen LogP contribution < -0.4 is 20.3 Å². The lowest BCUT2D eigenvalue weighted by Gasteiger charge is -2.23. The molecule has 0 saturated carbocycles. The van der Waals surface area contributed by atoms with E-state index in [0.29, 0.717) is 18.0 Å². The number of nitrogens with zero attached hydrogens (tertiary/aromatic N) is 1. The fourth-order valence-electron chi connectivity index (χ4n) is 1.57. The molecule has 21 heavy (non-hydrogen) atoms. The van der Waals surface area contributed by atoms with Crippen LogP contribution in [0.1, 0.15) is 6.92 Å². The first-order chi connectivity index (χ1) is 9.94. The third-order valence-corrected chi connectivity index (χ3v) is 4.36. The summed E-state index contributed by atoms with van der Waals surface area (Å²) < 4.78 is 30.6. The molecule has 0 aromatic heterocycles. The summed E-state index contributed by atoms with van der Waals surface area (Å²) in [6.07, 6.45) is 1.58. The molecule has 0 bridgehead atoms. The van der Waals surface area contributed by atoms with Crippen molar-refractivity contribution < 1.29 is 17.9 Å². The molecule has 0 saturated heterocycles. The summed E-state index contributed by atoms with van der Waals surface area (Å²) in [6.45, 7) is 4.95. The zero-order valence-corrected chi connectivity index (χ0v) is 12.6. The van der Waals surface area contributed by atoms with Crippen LogP contribution in [0.25, 0.3) is 0 Å². The van der Waals surface area contributed by atoms with Gasteiger partial charge in [-0.05, 0) is 19.1 Å². The van der Waals surface area contributed by atoms with E-state index in [-0.39, 0.29) is 5.75 Å². The predicted molar refractivity (Wildman–Crippen MR) is 81.3 cm³/mol. The van der Waals surface area contributed by atoms with Crippen molar-refractivity contribution >= 4 is 21.6 Å². The molecule has 0 aliphatic rings. The number of rotatable bonds is 8. The molecule has 0 spiro atoms. The maximum Gasteiger partial charge on any atom is 0.254 e. The first kappa shape index (κ1) is 17.0. The van der Waals surface area contributed by atoms with Crippen molar-refractivity contribution in [2.45, 2.75) is 6.92 Å². The van der Waals surface area contributed by atoms with Gasteiger partial charge in [-0.2, -0.15) is 0 Å². The summed E-state index contributed by atoms with van der Waals surface area (Å²) in [5.41, 5.74) is 2.26. The van der Waals surface area contributed by atoms with Crippen LogP contribution in [0.4, 0.5) is 5.69 Å². The molecule has 0 unspecified atom stereocenters. The maximum absolute atomic E-state index is 12.1. The van der Waals surface area contributed by atoms with Gasteiger partial charge in [-0.1, -0.05) is 18.7 Å². The minimum Gasteiger partial charge on any atom is -0.489 e. The van der Waals surface area contributed by atoms with Crippen molar-refractivity contribution in [1.82, 2.24) is 5.43 Å². The molecular weight excluding hydrogens is 294 g/mol. The van der Waals surface area contributed by atoms with Gasteiger partial charge in [-0.15, -0.1) is 0 Å². The van der Waals surface area contributed by atoms with Crippen molar-refractivity contribution in [3.63, 3.8) is 0 Å². The Balaban J connectivity index is 3.13. The Hall–Kier alpha value is -2.06. The topological polar surface area (TPSA) is 102 Å². The number of sulfonamides is 1. The van der Waals surface area contributed by atoms with Crippen LogP contribution in [-0.2, 0) is 14.8 Å². The monoisotopic (exact) mass is 313 g/mol. The highest BCUT2D eigenvalue weighted by molar-refractivity contribution is 7.92. The molecule has 1 aromatic carbocycles. The zero-order chi connectivity index (χ0) is 15.9. The summed E-state index contributed by atoms with van der Waals surface area (Å²) >= 11 is 0. The van der Waals surface area contributed by atoms with Crippen LogP contribution in [-0.4, -0.2) is 33.2 Å². The number of carbonyl (C=O) groups is 1. The van der Waals surface area contributed by atoms with Gasteiger partial charge in [0.25, 0.3) is 5.91 Å². The van der Waals surface area contributed by atoms with E-state index in [9.17, 15) is 13.2 Å². The Morgan fingerprint density at radius 1 is 1.52 bits per heavy atom. The highest BCUT2D eigenvalue weighted by atomic mass is 32.2. The number of hydrazine groups is 1. The van der Waals surface area contributed by atoms with Gasteiger partial charge in [-0.25, -0.2) is 14.3 Å². The highest BCUT2D eigenvalue weighted by Crippen LogP contribution is 2.23. The molecule has 116 valence electrons. The third-order valence-electron chi connectivity index (χ3n) is 2.62. The van der Waals surface area contributed by atoms with E-state index in [0.717, 1.165) is 4.31 Å². The first-order valence-corrected chi connectivity index (χ1v) is 7.89. The van der Waals surface area contributed by atoms with Gasteiger partial charge < -0.3 is 4.74 Å². The molecule has 0 aliphatic heterocycles. The van der Waals surface area contributed by atoms with Crippen molar-refractivity contribution in [3.8, 4) is 5.75 Å². The number of hydrogen-bond acceptors (Lipinski definition) is 5. The Morgan fingerprint density at radius 3 is 2.81 bits per heavy atom. The number of benzene rings is 1. The van der Waals surface area contributed by atoms with Gasteiger partial charge in [0, 0.05) is 6.07 Å². The molecule has 0 fully saturated rings. The van der Waals surface area contributed by atoms with E-state index < -0.39 is 22.5 Å². The molecule has 0 radical (unpaired) electrons. The molecule has 0 heterocycles. The van der Waals surface area contributed by atoms with Crippen molar-refractivity contribution in [1.29, 1.82) is 0 Å². The van der Waals surface area contributed by atoms with Gasteiger partial charge in [0.2, 0.25) is 10.0 Å². The second-order valence-electron chi connectivity index (χ2n) is 4.07. The van der Waals surface area contributed by atoms with Crippen LogP contribution in [0.3, 0.4) is 0 Å². The number of nitrogens with two attached hydrogens (primary N) is 1. The van der Waals surface area contributed by atoms with E-state index in [1.807, 2.05) is 5.43 Å². The Bertz CT molecular complexity index is 601. The Labute approximate surface area is 124 Å². The number of carbonyl (C=O) groups excluding carboxylic acids is 1. The summed E-state index contributed by atoms with van der Waals surface area (Å²) in [4.78, 5) is 11.4. The SMILES string of the molecule is C=CCOc1cccc(N(CC(=O)NN)S(=O)(=O)CC)c1. The van der Waals surface area contributed by atoms with Gasteiger partial charge in [-0.3, -0.25) is 14.5 Å². The molecule has 1 rings (SSSR count). The fourth-order valence-corrected chi connectivity index (χ4v) is 2.63. The molecule has 7 nitrogen and oxygen atoms in total. The minimum atomic E-state index is -3.61. The largest absolute Gasteiger partial charge is 0.489 e. The number of anilines is 1. The van der Waals surface area contributed by atoms with Gasteiger partial charge in [0.1, 0.15) is 18.9 Å². The highest BCUT2D eigenvalue weighted by Gasteiger charge is 2.23.